The summed E-state index contributed by atoms with van der Waals surface area (Å²) in [6.07, 6.45) is 6.76. The first-order valence-corrected chi connectivity index (χ1v) is 8.61. The summed E-state index contributed by atoms with van der Waals surface area (Å²) in [4.78, 5) is 12.6. The van der Waals surface area contributed by atoms with Crippen LogP contribution in [0.1, 0.15) is 12.8 Å². The van der Waals surface area contributed by atoms with Gasteiger partial charge in [0.05, 0.1) is 25.5 Å². The Balaban J connectivity index is 1.48. The quantitative estimate of drug-likeness (QED) is 0.696. The summed E-state index contributed by atoms with van der Waals surface area (Å²) in [6, 6.07) is 13.7. The Bertz CT molecular complexity index is 852. The molecule has 0 unspecified atom stereocenters. The summed E-state index contributed by atoms with van der Waals surface area (Å²) in [5.41, 5.74) is 2.06. The van der Waals surface area contributed by atoms with Gasteiger partial charge in [0.1, 0.15) is 18.2 Å². The van der Waals surface area contributed by atoms with Gasteiger partial charge in [0.25, 0.3) is 0 Å². The number of rotatable bonds is 5. The summed E-state index contributed by atoms with van der Waals surface area (Å²) < 4.78 is 17.1. The molecule has 132 valence electrons. The lowest BCUT2D eigenvalue weighted by Gasteiger charge is -2.22. The Morgan fingerprint density at radius 3 is 2.54 bits per heavy atom. The zero-order valence-electron chi connectivity index (χ0n) is 14.2. The van der Waals surface area contributed by atoms with Gasteiger partial charge in [0, 0.05) is 24.6 Å². The van der Waals surface area contributed by atoms with E-state index < -0.39 is 0 Å². The second-order valence-electron chi connectivity index (χ2n) is 6.00. The second-order valence-corrected chi connectivity index (χ2v) is 6.00. The van der Waals surface area contributed by atoms with E-state index >= 15 is 0 Å². The van der Waals surface area contributed by atoms with Crippen LogP contribution in [0.15, 0.2) is 61.2 Å². The van der Waals surface area contributed by atoms with Crippen LogP contribution in [0, 0.1) is 0 Å². The maximum absolute atomic E-state index is 5.90. The van der Waals surface area contributed by atoms with Gasteiger partial charge in [-0.25, -0.2) is 9.97 Å². The van der Waals surface area contributed by atoms with Gasteiger partial charge in [0.2, 0.25) is 11.8 Å². The van der Waals surface area contributed by atoms with E-state index in [2.05, 4.69) is 15.0 Å². The fourth-order valence-electron chi connectivity index (χ4n) is 2.79. The number of aromatic nitrogens is 3. The smallest absolute Gasteiger partial charge is 0.226 e. The minimum atomic E-state index is 0.120. The van der Waals surface area contributed by atoms with E-state index in [9.17, 15) is 0 Å². The van der Waals surface area contributed by atoms with Crippen molar-refractivity contribution in [3.63, 3.8) is 0 Å². The van der Waals surface area contributed by atoms with E-state index in [1.54, 1.807) is 12.3 Å². The summed E-state index contributed by atoms with van der Waals surface area (Å²) in [6.45, 7) is 1.44. The van der Waals surface area contributed by atoms with Gasteiger partial charge >= 0.3 is 0 Å². The van der Waals surface area contributed by atoms with Crippen LogP contribution in [0.5, 0.6) is 17.5 Å². The number of hydrogen-bond acceptors (Lipinski definition) is 6. The average Bonchev–Trinajstić information content (AvgIpc) is 2.70. The minimum Gasteiger partial charge on any atom is -0.474 e. The Labute approximate surface area is 151 Å². The maximum atomic E-state index is 5.90. The van der Waals surface area contributed by atoms with Crippen molar-refractivity contribution >= 4 is 0 Å². The number of ether oxygens (including phenoxy) is 3. The van der Waals surface area contributed by atoms with E-state index in [1.165, 1.54) is 6.33 Å². The molecule has 4 rings (SSSR count). The third kappa shape index (κ3) is 4.15. The molecule has 1 saturated heterocycles. The first-order valence-electron chi connectivity index (χ1n) is 8.61. The fourth-order valence-corrected chi connectivity index (χ4v) is 2.79. The lowest BCUT2D eigenvalue weighted by Crippen LogP contribution is -2.26. The van der Waals surface area contributed by atoms with Crippen LogP contribution in [-0.4, -0.2) is 34.3 Å². The van der Waals surface area contributed by atoms with Crippen molar-refractivity contribution in [1.82, 2.24) is 15.0 Å². The zero-order chi connectivity index (χ0) is 17.6. The Hall–Kier alpha value is -2.99. The van der Waals surface area contributed by atoms with Gasteiger partial charge in [-0.05, 0) is 11.6 Å². The third-order valence-corrected chi connectivity index (χ3v) is 4.12. The van der Waals surface area contributed by atoms with E-state index in [1.807, 2.05) is 42.6 Å². The van der Waals surface area contributed by atoms with Crippen LogP contribution in [0.3, 0.4) is 0 Å². The highest BCUT2D eigenvalue weighted by atomic mass is 16.5. The van der Waals surface area contributed by atoms with Crippen molar-refractivity contribution in [1.29, 1.82) is 0 Å². The number of nitrogens with zero attached hydrogens (tertiary/aromatic N) is 3. The molecule has 0 aliphatic carbocycles. The molecule has 0 N–H and O–H groups in total. The SMILES string of the molecule is c1ccc(-c2cncc(Oc3cc(OC4CCOCC4)ncn3)c2)cc1. The standard InChI is InChI=1S/C20H19N3O3/c1-2-4-15(5-3-1)16-10-18(13-21-12-16)26-20-11-19(22-14-23-20)25-17-6-8-24-9-7-17/h1-5,10-14,17H,6-9H2. The first-order chi connectivity index (χ1) is 12.9. The Kier molecular flexibility index (Phi) is 5.02. The summed E-state index contributed by atoms with van der Waals surface area (Å²) in [5, 5.41) is 0. The average molecular weight is 349 g/mol. The lowest BCUT2D eigenvalue weighted by molar-refractivity contribution is 0.0236. The predicted molar refractivity (Wildman–Crippen MR) is 96.2 cm³/mol. The maximum Gasteiger partial charge on any atom is 0.226 e. The van der Waals surface area contributed by atoms with Crippen molar-refractivity contribution in [2.75, 3.05) is 13.2 Å². The zero-order valence-corrected chi connectivity index (χ0v) is 14.2. The van der Waals surface area contributed by atoms with Crippen LogP contribution in [0.4, 0.5) is 0 Å². The van der Waals surface area contributed by atoms with Crippen LogP contribution in [0.2, 0.25) is 0 Å². The van der Waals surface area contributed by atoms with Crippen LogP contribution < -0.4 is 9.47 Å². The van der Waals surface area contributed by atoms with Crippen molar-refractivity contribution in [2.45, 2.75) is 18.9 Å². The number of benzene rings is 1. The third-order valence-electron chi connectivity index (χ3n) is 4.12. The normalized spacial score (nSPS) is 14.8. The topological polar surface area (TPSA) is 66.4 Å². The molecule has 0 atom stereocenters. The highest BCUT2D eigenvalue weighted by molar-refractivity contribution is 5.63. The highest BCUT2D eigenvalue weighted by Gasteiger charge is 2.16. The second kappa shape index (κ2) is 7.93. The molecule has 26 heavy (non-hydrogen) atoms. The molecule has 0 saturated carbocycles. The van der Waals surface area contributed by atoms with Gasteiger partial charge in [-0.15, -0.1) is 0 Å². The van der Waals surface area contributed by atoms with Crippen LogP contribution in [0.25, 0.3) is 11.1 Å². The molecule has 1 aliphatic rings. The molecular weight excluding hydrogens is 330 g/mol. The first kappa shape index (κ1) is 16.5. The highest BCUT2D eigenvalue weighted by Crippen LogP contribution is 2.26. The fraction of sp³-hybridized carbons (Fsp3) is 0.250. The van der Waals surface area contributed by atoms with Crippen molar-refractivity contribution in [2.24, 2.45) is 0 Å². The molecule has 2 aromatic heterocycles. The van der Waals surface area contributed by atoms with Gasteiger partial charge in [-0.1, -0.05) is 30.3 Å². The summed E-state index contributed by atoms with van der Waals surface area (Å²) >= 11 is 0. The Morgan fingerprint density at radius 1 is 0.885 bits per heavy atom. The van der Waals surface area contributed by atoms with E-state index in [4.69, 9.17) is 14.2 Å². The molecule has 6 nitrogen and oxygen atoms in total. The van der Waals surface area contributed by atoms with E-state index in [-0.39, 0.29) is 6.10 Å². The molecule has 0 amide bonds. The van der Waals surface area contributed by atoms with Crippen molar-refractivity contribution in [3.8, 4) is 28.6 Å². The van der Waals surface area contributed by atoms with Crippen molar-refractivity contribution in [3.05, 3.63) is 61.2 Å². The molecule has 0 radical (unpaired) electrons. The van der Waals surface area contributed by atoms with Gasteiger partial charge < -0.3 is 14.2 Å². The number of pyridine rings is 1. The van der Waals surface area contributed by atoms with Gasteiger partial charge in [-0.2, -0.15) is 0 Å². The molecule has 6 heteroatoms. The van der Waals surface area contributed by atoms with E-state index in [0.717, 1.165) is 37.2 Å². The van der Waals surface area contributed by atoms with Crippen LogP contribution in [-0.2, 0) is 4.74 Å². The van der Waals surface area contributed by atoms with Gasteiger partial charge in [0.15, 0.2) is 0 Å². The molecule has 0 bridgehead atoms. The van der Waals surface area contributed by atoms with Gasteiger partial charge in [-0.3, -0.25) is 4.98 Å². The van der Waals surface area contributed by atoms with E-state index in [0.29, 0.717) is 17.5 Å². The molecule has 1 fully saturated rings. The molecule has 0 spiro atoms. The molecule has 3 aromatic rings. The molecule has 1 aromatic carbocycles. The minimum absolute atomic E-state index is 0.120. The lowest BCUT2D eigenvalue weighted by atomic mass is 10.1. The molecule has 1 aliphatic heterocycles. The van der Waals surface area contributed by atoms with Crippen LogP contribution >= 0.6 is 0 Å². The summed E-state index contributed by atoms with van der Waals surface area (Å²) in [7, 11) is 0. The molecular formula is C20H19N3O3. The number of hydrogen-bond donors (Lipinski definition) is 0. The molecule has 3 heterocycles. The largest absolute Gasteiger partial charge is 0.474 e. The summed E-state index contributed by atoms with van der Waals surface area (Å²) in [5.74, 6) is 1.55. The van der Waals surface area contributed by atoms with Crippen molar-refractivity contribution < 1.29 is 14.2 Å². The monoisotopic (exact) mass is 349 g/mol. The Morgan fingerprint density at radius 2 is 1.69 bits per heavy atom. The predicted octanol–water partition coefficient (Wildman–Crippen LogP) is 3.89.